The minimum Gasteiger partial charge on any atom is -0.389 e. The Morgan fingerprint density at radius 1 is 1.37 bits per heavy atom. The number of ether oxygens (including phenoxy) is 1. The van der Waals surface area contributed by atoms with Crippen LogP contribution in [0.4, 0.5) is 0 Å². The Labute approximate surface area is 118 Å². The van der Waals surface area contributed by atoms with Gasteiger partial charge in [-0.3, -0.25) is 0 Å². The number of nitrogens with zero attached hydrogens (tertiary/aromatic N) is 1. The second-order valence-electron chi connectivity index (χ2n) is 4.36. The molecule has 1 aliphatic heterocycles. The van der Waals surface area contributed by atoms with E-state index in [4.69, 9.17) is 22.7 Å². The molecule has 2 rings (SSSR count). The molecular weight excluding hydrogens is 284 g/mol. The first-order valence-electron chi connectivity index (χ1n) is 5.91. The minimum absolute atomic E-state index is 0.262. The molecule has 0 aromatic heterocycles. The van der Waals surface area contributed by atoms with Crippen LogP contribution in [0.15, 0.2) is 23.1 Å². The van der Waals surface area contributed by atoms with Gasteiger partial charge < -0.3 is 10.5 Å². The summed E-state index contributed by atoms with van der Waals surface area (Å²) in [4.78, 5) is 0.563. The molecule has 0 bridgehead atoms. The molecule has 19 heavy (non-hydrogen) atoms. The summed E-state index contributed by atoms with van der Waals surface area (Å²) < 4.78 is 31.6. The van der Waals surface area contributed by atoms with E-state index in [1.807, 2.05) is 0 Å². The molecule has 0 spiro atoms. The van der Waals surface area contributed by atoms with Gasteiger partial charge in [-0.05, 0) is 24.6 Å². The van der Waals surface area contributed by atoms with Crippen molar-refractivity contribution in [2.75, 3.05) is 26.3 Å². The number of rotatable bonds is 3. The predicted molar refractivity (Wildman–Crippen MR) is 76.6 cm³/mol. The van der Waals surface area contributed by atoms with Gasteiger partial charge >= 0.3 is 0 Å². The first kappa shape index (κ1) is 14.4. The molecule has 0 unspecified atom stereocenters. The molecule has 0 atom stereocenters. The molecule has 0 amide bonds. The number of nitrogens with two attached hydrogens (primary N) is 1. The molecule has 0 radical (unpaired) electrons. The quantitative estimate of drug-likeness (QED) is 0.830. The van der Waals surface area contributed by atoms with Gasteiger partial charge in [0.25, 0.3) is 0 Å². The zero-order valence-corrected chi connectivity index (χ0v) is 12.3. The number of benzene rings is 1. The predicted octanol–water partition coefficient (Wildman–Crippen LogP) is 0.650. The van der Waals surface area contributed by atoms with Gasteiger partial charge in [0.15, 0.2) is 0 Å². The molecular formula is C12H16N2O3S2. The molecule has 5 nitrogen and oxygen atoms in total. The fourth-order valence-electron chi connectivity index (χ4n) is 2.02. The lowest BCUT2D eigenvalue weighted by atomic mass is 10.1. The molecule has 1 heterocycles. The second-order valence-corrected chi connectivity index (χ2v) is 6.71. The SMILES string of the molecule is Cc1cc(C(N)=S)ccc1S(=O)(=O)N1CCOCC1. The van der Waals surface area contributed by atoms with E-state index in [2.05, 4.69) is 0 Å². The van der Waals surface area contributed by atoms with Crippen LogP contribution in [-0.2, 0) is 14.8 Å². The van der Waals surface area contributed by atoms with Crippen LogP contribution >= 0.6 is 12.2 Å². The molecule has 2 N–H and O–H groups in total. The maximum Gasteiger partial charge on any atom is 0.243 e. The molecule has 1 fully saturated rings. The standard InChI is InChI=1S/C12H16N2O3S2/c1-9-8-10(12(13)18)2-3-11(9)19(15,16)14-4-6-17-7-5-14/h2-3,8H,4-7H2,1H3,(H2,13,18). The van der Waals surface area contributed by atoms with Gasteiger partial charge in [-0.15, -0.1) is 0 Å². The smallest absolute Gasteiger partial charge is 0.243 e. The monoisotopic (exact) mass is 300 g/mol. The maximum atomic E-state index is 12.5. The number of hydrogen-bond acceptors (Lipinski definition) is 4. The summed E-state index contributed by atoms with van der Waals surface area (Å²) in [6.07, 6.45) is 0. The lowest BCUT2D eigenvalue weighted by Gasteiger charge is -2.26. The summed E-state index contributed by atoms with van der Waals surface area (Å²) >= 11 is 4.88. The highest BCUT2D eigenvalue weighted by molar-refractivity contribution is 7.89. The number of sulfonamides is 1. The third-order valence-electron chi connectivity index (χ3n) is 3.05. The van der Waals surface area contributed by atoms with Gasteiger partial charge in [0.2, 0.25) is 10.0 Å². The Kier molecular flexibility index (Phi) is 4.19. The molecule has 7 heteroatoms. The van der Waals surface area contributed by atoms with Gasteiger partial charge in [-0.25, -0.2) is 8.42 Å². The van der Waals surface area contributed by atoms with E-state index in [1.165, 1.54) is 4.31 Å². The van der Waals surface area contributed by atoms with Crippen molar-refractivity contribution in [3.63, 3.8) is 0 Å². The summed E-state index contributed by atoms with van der Waals surface area (Å²) in [7, 11) is -3.47. The summed E-state index contributed by atoms with van der Waals surface area (Å²) in [5, 5.41) is 0. The lowest BCUT2D eigenvalue weighted by Crippen LogP contribution is -2.40. The Balaban J connectivity index is 2.37. The molecule has 0 saturated carbocycles. The van der Waals surface area contributed by atoms with Gasteiger partial charge in [-0.2, -0.15) is 4.31 Å². The number of thiocarbonyl (C=S) groups is 1. The Hall–Kier alpha value is -1.02. The third kappa shape index (κ3) is 2.94. The van der Waals surface area contributed by atoms with E-state index in [-0.39, 0.29) is 4.99 Å². The molecule has 1 aromatic carbocycles. The molecule has 0 aliphatic carbocycles. The Morgan fingerprint density at radius 3 is 2.53 bits per heavy atom. The number of aryl methyl sites for hydroxylation is 1. The van der Waals surface area contributed by atoms with Crippen molar-refractivity contribution in [2.45, 2.75) is 11.8 Å². The fraction of sp³-hybridized carbons (Fsp3) is 0.417. The summed E-state index contributed by atoms with van der Waals surface area (Å²) in [6.45, 7) is 3.39. The van der Waals surface area contributed by atoms with Crippen LogP contribution < -0.4 is 5.73 Å². The minimum atomic E-state index is -3.47. The van der Waals surface area contributed by atoms with Gasteiger partial charge in [0.1, 0.15) is 4.99 Å². The van der Waals surface area contributed by atoms with Crippen molar-refractivity contribution in [1.29, 1.82) is 0 Å². The average Bonchev–Trinajstić information content (AvgIpc) is 2.39. The first-order valence-corrected chi connectivity index (χ1v) is 7.76. The second kappa shape index (κ2) is 5.54. The normalized spacial score (nSPS) is 17.3. The van der Waals surface area contributed by atoms with Gasteiger partial charge in [0.05, 0.1) is 18.1 Å². The third-order valence-corrected chi connectivity index (χ3v) is 5.34. The van der Waals surface area contributed by atoms with Crippen LogP contribution in [0, 0.1) is 6.92 Å². The van der Waals surface area contributed by atoms with Crippen molar-refractivity contribution < 1.29 is 13.2 Å². The topological polar surface area (TPSA) is 72.6 Å². The number of morpholine rings is 1. The van der Waals surface area contributed by atoms with Crippen LogP contribution in [-0.4, -0.2) is 44.0 Å². The van der Waals surface area contributed by atoms with Crippen LogP contribution in [0.1, 0.15) is 11.1 Å². The Bertz CT molecular complexity index is 593. The Morgan fingerprint density at radius 2 is 2.00 bits per heavy atom. The first-order chi connectivity index (χ1) is 8.93. The van der Waals surface area contributed by atoms with Crippen molar-refractivity contribution >= 4 is 27.2 Å². The average molecular weight is 300 g/mol. The van der Waals surface area contributed by atoms with E-state index in [1.54, 1.807) is 25.1 Å². The van der Waals surface area contributed by atoms with Crippen molar-refractivity contribution in [1.82, 2.24) is 4.31 Å². The summed E-state index contributed by atoms with van der Waals surface area (Å²) in [5.74, 6) is 0. The van der Waals surface area contributed by atoms with Gasteiger partial charge in [0, 0.05) is 18.7 Å². The lowest BCUT2D eigenvalue weighted by molar-refractivity contribution is 0.0730. The van der Waals surface area contributed by atoms with Crippen LogP contribution in [0.2, 0.25) is 0 Å². The van der Waals surface area contributed by atoms with Crippen molar-refractivity contribution in [2.24, 2.45) is 5.73 Å². The van der Waals surface area contributed by atoms with E-state index >= 15 is 0 Å². The fourth-order valence-corrected chi connectivity index (χ4v) is 3.76. The van der Waals surface area contributed by atoms with Crippen LogP contribution in [0.5, 0.6) is 0 Å². The highest BCUT2D eigenvalue weighted by Gasteiger charge is 2.27. The number of hydrogen-bond donors (Lipinski definition) is 1. The zero-order chi connectivity index (χ0) is 14.0. The van der Waals surface area contributed by atoms with Gasteiger partial charge in [-0.1, -0.05) is 18.3 Å². The zero-order valence-electron chi connectivity index (χ0n) is 10.6. The highest BCUT2D eigenvalue weighted by Crippen LogP contribution is 2.21. The van der Waals surface area contributed by atoms with E-state index in [0.29, 0.717) is 42.3 Å². The van der Waals surface area contributed by atoms with Crippen LogP contribution in [0.25, 0.3) is 0 Å². The van der Waals surface area contributed by atoms with Crippen LogP contribution in [0.3, 0.4) is 0 Å². The summed E-state index contributed by atoms with van der Waals surface area (Å²) in [6, 6.07) is 4.91. The molecule has 1 saturated heterocycles. The molecule has 1 aliphatic rings. The maximum absolute atomic E-state index is 12.5. The van der Waals surface area contributed by atoms with Crippen molar-refractivity contribution in [3.8, 4) is 0 Å². The van der Waals surface area contributed by atoms with E-state index in [0.717, 1.165) is 0 Å². The van der Waals surface area contributed by atoms with E-state index < -0.39 is 10.0 Å². The highest BCUT2D eigenvalue weighted by atomic mass is 32.2. The molecule has 104 valence electrons. The summed E-state index contributed by atoms with van der Waals surface area (Å²) in [5.41, 5.74) is 6.86. The van der Waals surface area contributed by atoms with Crippen molar-refractivity contribution in [3.05, 3.63) is 29.3 Å². The van der Waals surface area contributed by atoms with E-state index in [9.17, 15) is 8.42 Å². The molecule has 1 aromatic rings. The largest absolute Gasteiger partial charge is 0.389 e.